The maximum absolute atomic E-state index is 13.0. The molecular formula is C16H16FNO2. The minimum absolute atomic E-state index is 0.0340. The number of nitrogens with one attached hydrogen (secondary N) is 1. The van der Waals surface area contributed by atoms with Crippen LogP contribution in [-0.4, -0.2) is 17.6 Å². The van der Waals surface area contributed by atoms with Crippen LogP contribution in [0.5, 0.6) is 5.75 Å². The first-order valence-corrected chi connectivity index (χ1v) is 6.38. The Hall–Kier alpha value is -2.36. The zero-order chi connectivity index (χ0) is 14.5. The summed E-state index contributed by atoms with van der Waals surface area (Å²) in [5, 5.41) is 12.4. The molecule has 0 saturated heterocycles. The lowest BCUT2D eigenvalue weighted by Gasteiger charge is -2.07. The number of carbonyl (C=O) groups excluding carboxylic acids is 1. The summed E-state index contributed by atoms with van der Waals surface area (Å²) < 4.78 is 13.0. The van der Waals surface area contributed by atoms with Crippen LogP contribution in [0.25, 0.3) is 0 Å². The molecule has 0 aliphatic heterocycles. The summed E-state index contributed by atoms with van der Waals surface area (Å²) >= 11 is 0. The number of hydrogen-bond donors (Lipinski definition) is 2. The molecule has 0 fully saturated rings. The third-order valence-corrected chi connectivity index (χ3v) is 2.99. The molecule has 0 spiro atoms. The standard InChI is InChI=1S/C16H16FNO2/c1-11-5-6-14(15(19)9-11)16(20)18-8-7-12-3-2-4-13(17)10-12/h2-6,9-10,19H,7-8H2,1H3,(H,18,20). The van der Waals surface area contributed by atoms with Gasteiger partial charge >= 0.3 is 0 Å². The van der Waals surface area contributed by atoms with Gasteiger partial charge in [-0.1, -0.05) is 18.2 Å². The lowest BCUT2D eigenvalue weighted by molar-refractivity contribution is 0.0951. The van der Waals surface area contributed by atoms with Crippen LogP contribution in [0.3, 0.4) is 0 Å². The van der Waals surface area contributed by atoms with Crippen molar-refractivity contribution in [1.29, 1.82) is 0 Å². The first-order valence-electron chi connectivity index (χ1n) is 6.38. The third kappa shape index (κ3) is 3.57. The fourth-order valence-corrected chi connectivity index (χ4v) is 1.94. The smallest absolute Gasteiger partial charge is 0.255 e. The summed E-state index contributed by atoms with van der Waals surface area (Å²) in [6, 6.07) is 11.2. The number of phenols is 1. The van der Waals surface area contributed by atoms with Gasteiger partial charge in [0.1, 0.15) is 11.6 Å². The number of carbonyl (C=O) groups is 1. The maximum atomic E-state index is 13.0. The highest BCUT2D eigenvalue weighted by molar-refractivity contribution is 5.96. The SMILES string of the molecule is Cc1ccc(C(=O)NCCc2cccc(F)c2)c(O)c1. The largest absolute Gasteiger partial charge is 0.507 e. The molecule has 0 bridgehead atoms. The van der Waals surface area contributed by atoms with E-state index in [4.69, 9.17) is 0 Å². The highest BCUT2D eigenvalue weighted by atomic mass is 19.1. The molecule has 2 N–H and O–H groups in total. The van der Waals surface area contributed by atoms with Gasteiger partial charge in [-0.25, -0.2) is 4.39 Å². The van der Waals surface area contributed by atoms with Crippen LogP contribution >= 0.6 is 0 Å². The first-order chi connectivity index (χ1) is 9.56. The van der Waals surface area contributed by atoms with Crippen molar-refractivity contribution in [2.24, 2.45) is 0 Å². The van der Waals surface area contributed by atoms with E-state index >= 15 is 0 Å². The van der Waals surface area contributed by atoms with Gasteiger partial charge in [0.2, 0.25) is 0 Å². The van der Waals surface area contributed by atoms with Gasteiger partial charge in [-0.2, -0.15) is 0 Å². The molecule has 0 unspecified atom stereocenters. The molecule has 20 heavy (non-hydrogen) atoms. The summed E-state index contributed by atoms with van der Waals surface area (Å²) in [4.78, 5) is 11.9. The maximum Gasteiger partial charge on any atom is 0.255 e. The van der Waals surface area contributed by atoms with Crippen molar-refractivity contribution >= 4 is 5.91 Å². The molecule has 2 aromatic carbocycles. The van der Waals surface area contributed by atoms with Crippen LogP contribution in [0.4, 0.5) is 4.39 Å². The number of aryl methyl sites for hydroxylation is 1. The molecule has 104 valence electrons. The van der Waals surface area contributed by atoms with E-state index in [2.05, 4.69) is 5.32 Å². The number of benzene rings is 2. The Labute approximate surface area is 117 Å². The van der Waals surface area contributed by atoms with Gasteiger partial charge in [0.15, 0.2) is 0 Å². The lowest BCUT2D eigenvalue weighted by atomic mass is 10.1. The quantitative estimate of drug-likeness (QED) is 0.900. The van der Waals surface area contributed by atoms with Crippen molar-refractivity contribution in [3.8, 4) is 5.75 Å². The Kier molecular flexibility index (Phi) is 4.35. The molecule has 0 radical (unpaired) electrons. The minimum Gasteiger partial charge on any atom is -0.507 e. The average Bonchev–Trinajstić information content (AvgIpc) is 2.38. The second-order valence-electron chi connectivity index (χ2n) is 4.66. The number of phenolic OH excluding ortho intramolecular Hbond substituents is 1. The van der Waals surface area contributed by atoms with Gasteiger partial charge in [-0.15, -0.1) is 0 Å². The van der Waals surface area contributed by atoms with Crippen molar-refractivity contribution in [3.63, 3.8) is 0 Å². The molecule has 4 heteroatoms. The van der Waals surface area contributed by atoms with Crippen LogP contribution in [0.15, 0.2) is 42.5 Å². The molecule has 1 amide bonds. The zero-order valence-electron chi connectivity index (χ0n) is 11.2. The average molecular weight is 273 g/mol. The Balaban J connectivity index is 1.92. The molecular weight excluding hydrogens is 257 g/mol. The highest BCUT2D eigenvalue weighted by Crippen LogP contribution is 2.18. The van der Waals surface area contributed by atoms with E-state index in [0.717, 1.165) is 11.1 Å². The van der Waals surface area contributed by atoms with Crippen molar-refractivity contribution in [2.75, 3.05) is 6.54 Å². The molecule has 2 rings (SSSR count). The monoisotopic (exact) mass is 273 g/mol. The van der Waals surface area contributed by atoms with Crippen LogP contribution in [0.2, 0.25) is 0 Å². The van der Waals surface area contributed by atoms with E-state index in [1.165, 1.54) is 12.1 Å². The van der Waals surface area contributed by atoms with Crippen molar-refractivity contribution in [2.45, 2.75) is 13.3 Å². The number of amides is 1. The van der Waals surface area contributed by atoms with E-state index in [1.54, 1.807) is 30.3 Å². The van der Waals surface area contributed by atoms with Gasteiger partial charge in [0.25, 0.3) is 5.91 Å². The van der Waals surface area contributed by atoms with E-state index in [1.807, 2.05) is 6.92 Å². The number of rotatable bonds is 4. The van der Waals surface area contributed by atoms with Gasteiger partial charge in [-0.05, 0) is 48.7 Å². The predicted octanol–water partition coefficient (Wildman–Crippen LogP) is 2.81. The number of hydrogen-bond acceptors (Lipinski definition) is 2. The summed E-state index contributed by atoms with van der Waals surface area (Å²) in [5.41, 5.74) is 1.95. The van der Waals surface area contributed by atoms with Crippen LogP contribution in [0.1, 0.15) is 21.5 Å². The summed E-state index contributed by atoms with van der Waals surface area (Å²) in [7, 11) is 0. The summed E-state index contributed by atoms with van der Waals surface area (Å²) in [5.74, 6) is -0.655. The second-order valence-corrected chi connectivity index (χ2v) is 4.66. The van der Waals surface area contributed by atoms with Gasteiger partial charge in [0.05, 0.1) is 5.56 Å². The number of aromatic hydroxyl groups is 1. The van der Waals surface area contributed by atoms with Crippen molar-refractivity contribution in [1.82, 2.24) is 5.32 Å². The Morgan fingerprint density at radius 3 is 2.75 bits per heavy atom. The summed E-state index contributed by atoms with van der Waals surface area (Å²) in [6.07, 6.45) is 0.538. The van der Waals surface area contributed by atoms with E-state index in [9.17, 15) is 14.3 Å². The molecule has 0 saturated carbocycles. The zero-order valence-corrected chi connectivity index (χ0v) is 11.2. The molecule has 0 aliphatic rings. The van der Waals surface area contributed by atoms with Crippen molar-refractivity contribution < 1.29 is 14.3 Å². The fraction of sp³-hybridized carbons (Fsp3) is 0.188. The molecule has 0 heterocycles. The molecule has 3 nitrogen and oxygen atoms in total. The fourth-order valence-electron chi connectivity index (χ4n) is 1.94. The Bertz CT molecular complexity index is 626. The van der Waals surface area contributed by atoms with Gasteiger partial charge in [0, 0.05) is 6.54 Å². The first kappa shape index (κ1) is 14.1. The topological polar surface area (TPSA) is 49.3 Å². The molecule has 0 aliphatic carbocycles. The Morgan fingerprint density at radius 1 is 1.25 bits per heavy atom. The van der Waals surface area contributed by atoms with E-state index in [0.29, 0.717) is 13.0 Å². The van der Waals surface area contributed by atoms with Crippen LogP contribution < -0.4 is 5.32 Å². The van der Waals surface area contributed by atoms with E-state index in [-0.39, 0.29) is 23.0 Å². The highest BCUT2D eigenvalue weighted by Gasteiger charge is 2.10. The third-order valence-electron chi connectivity index (χ3n) is 2.99. The Morgan fingerprint density at radius 2 is 2.05 bits per heavy atom. The van der Waals surface area contributed by atoms with E-state index < -0.39 is 0 Å². The van der Waals surface area contributed by atoms with Crippen LogP contribution in [0, 0.1) is 12.7 Å². The number of halogens is 1. The predicted molar refractivity (Wildman–Crippen MR) is 75.3 cm³/mol. The summed E-state index contributed by atoms with van der Waals surface area (Å²) in [6.45, 7) is 2.22. The van der Waals surface area contributed by atoms with Gasteiger partial charge in [-0.3, -0.25) is 4.79 Å². The van der Waals surface area contributed by atoms with Gasteiger partial charge < -0.3 is 10.4 Å². The van der Waals surface area contributed by atoms with Crippen molar-refractivity contribution in [3.05, 3.63) is 65.0 Å². The van der Waals surface area contributed by atoms with Crippen LogP contribution in [-0.2, 0) is 6.42 Å². The normalized spacial score (nSPS) is 10.3. The second kappa shape index (κ2) is 6.19. The minimum atomic E-state index is -0.334. The molecule has 2 aromatic rings. The lowest BCUT2D eigenvalue weighted by Crippen LogP contribution is -2.25. The molecule has 0 atom stereocenters. The molecule has 0 aromatic heterocycles.